The van der Waals surface area contributed by atoms with E-state index in [1.807, 2.05) is 36.4 Å². The van der Waals surface area contributed by atoms with Crippen LogP contribution < -0.4 is 9.38 Å². The van der Waals surface area contributed by atoms with E-state index in [-0.39, 0.29) is 39.3 Å². The van der Waals surface area contributed by atoms with E-state index in [4.69, 9.17) is 5.11 Å². The molecule has 0 aliphatic carbocycles. The second-order valence-electron chi connectivity index (χ2n) is 14.4. The van der Waals surface area contributed by atoms with Crippen LogP contribution in [0.3, 0.4) is 0 Å². The fraction of sp³-hybridized carbons (Fsp3) is 0.410. The number of fused-ring (bicyclic) bond motifs is 4. The molecule has 0 saturated carbocycles. The van der Waals surface area contributed by atoms with Crippen molar-refractivity contribution in [1.82, 2.24) is 4.48 Å². The summed E-state index contributed by atoms with van der Waals surface area (Å²) in [4.78, 5) is 24.6. The van der Waals surface area contributed by atoms with E-state index in [0.717, 1.165) is 72.2 Å². The third-order valence-corrected chi connectivity index (χ3v) is 11.4. The topological polar surface area (TPSA) is 138 Å². The smallest absolute Gasteiger partial charge is 0.303 e. The van der Waals surface area contributed by atoms with Crippen molar-refractivity contribution in [1.29, 1.82) is 0 Å². The number of hydrogen-bond donors (Lipinski definition) is 2. The van der Waals surface area contributed by atoms with Gasteiger partial charge in [0.25, 0.3) is 15.8 Å². The Kier molecular flexibility index (Phi) is 10.7. The predicted molar refractivity (Wildman–Crippen MR) is 199 cm³/mol. The maximum Gasteiger partial charge on any atom is 0.303 e. The van der Waals surface area contributed by atoms with E-state index in [2.05, 4.69) is 51.9 Å². The Morgan fingerprint density at radius 1 is 1.02 bits per heavy atom. The SMILES string of the molecule is CCCCN1c2ccc([N+](=O)[O-])cc2C(C)(C)C1C=CC=CC=C1C(CCCCCC(=O)O)c2c(ccc3c(S(=O)(=O)O)cccc23)[N+]1(C)C. The summed E-state index contributed by atoms with van der Waals surface area (Å²) in [5.74, 6) is -0.862. The third-order valence-electron chi connectivity index (χ3n) is 10.5. The molecule has 0 spiro atoms. The molecule has 3 aromatic carbocycles. The van der Waals surface area contributed by atoms with Gasteiger partial charge in [-0.3, -0.25) is 23.9 Å². The number of likely N-dealkylation sites (N-methyl/N-ethyl adjacent to an activating group) is 1. The maximum absolute atomic E-state index is 12.3. The lowest BCUT2D eigenvalue weighted by molar-refractivity contribution is -0.384. The fourth-order valence-corrected chi connectivity index (χ4v) is 8.62. The summed E-state index contributed by atoms with van der Waals surface area (Å²) in [6.45, 7) is 7.27. The van der Waals surface area contributed by atoms with E-state index in [1.54, 1.807) is 24.3 Å². The molecule has 2 heterocycles. The average molecular weight is 703 g/mol. The van der Waals surface area contributed by atoms with Crippen molar-refractivity contribution < 1.29 is 27.8 Å². The number of carbonyl (C=O) groups is 1. The molecule has 2 unspecified atom stereocenters. The van der Waals surface area contributed by atoms with Crippen molar-refractivity contribution in [3.63, 3.8) is 0 Å². The zero-order valence-corrected chi connectivity index (χ0v) is 30.3. The van der Waals surface area contributed by atoms with Crippen LogP contribution in [0.15, 0.2) is 89.5 Å². The van der Waals surface area contributed by atoms with Gasteiger partial charge in [-0.05, 0) is 54.5 Å². The number of hydrogen-bond acceptors (Lipinski definition) is 6. The van der Waals surface area contributed by atoms with Crippen LogP contribution in [0, 0.1) is 10.1 Å². The second-order valence-corrected chi connectivity index (χ2v) is 15.7. The second kappa shape index (κ2) is 14.5. The molecule has 0 fully saturated rings. The zero-order valence-electron chi connectivity index (χ0n) is 29.5. The van der Waals surface area contributed by atoms with Gasteiger partial charge < -0.3 is 10.0 Å². The number of anilines is 1. The molecule has 2 aliphatic heterocycles. The molecule has 11 heteroatoms. The molecular weight excluding hydrogens is 655 g/mol. The van der Waals surface area contributed by atoms with E-state index in [9.17, 15) is 27.9 Å². The van der Waals surface area contributed by atoms with Crippen LogP contribution in [-0.4, -0.2) is 55.7 Å². The highest BCUT2D eigenvalue weighted by molar-refractivity contribution is 7.86. The first-order valence-electron chi connectivity index (χ1n) is 17.3. The number of carboxylic acid groups (broad SMARTS) is 1. The minimum atomic E-state index is -4.44. The van der Waals surface area contributed by atoms with E-state index < -0.39 is 16.1 Å². The number of benzene rings is 3. The first kappa shape index (κ1) is 36.9. The molecule has 0 aromatic heterocycles. The van der Waals surface area contributed by atoms with Crippen LogP contribution in [0.5, 0.6) is 0 Å². The summed E-state index contributed by atoms with van der Waals surface area (Å²) in [7, 11) is -0.212. The molecule has 50 heavy (non-hydrogen) atoms. The molecule has 2 aliphatic rings. The minimum absolute atomic E-state index is 0.00762. The summed E-state index contributed by atoms with van der Waals surface area (Å²) < 4.78 is 35.0. The van der Waals surface area contributed by atoms with Gasteiger partial charge in [-0.15, -0.1) is 0 Å². The number of nitro benzene ring substituents is 1. The van der Waals surface area contributed by atoms with Crippen LogP contribution >= 0.6 is 0 Å². The lowest BCUT2D eigenvalue weighted by Crippen LogP contribution is -2.40. The van der Waals surface area contributed by atoms with Crippen LogP contribution in [0.4, 0.5) is 17.1 Å². The lowest BCUT2D eigenvalue weighted by atomic mass is 9.80. The molecule has 2 N–H and O–H groups in total. The number of quaternary nitrogens is 1. The Morgan fingerprint density at radius 3 is 2.46 bits per heavy atom. The Morgan fingerprint density at radius 2 is 1.78 bits per heavy atom. The zero-order chi connectivity index (χ0) is 36.4. The number of allylic oxidation sites excluding steroid dienone is 5. The molecule has 5 rings (SSSR count). The van der Waals surface area contributed by atoms with Crippen LogP contribution in [-0.2, 0) is 20.3 Å². The molecule has 2 atom stereocenters. The summed E-state index contributed by atoms with van der Waals surface area (Å²) in [5, 5.41) is 22.0. The summed E-state index contributed by atoms with van der Waals surface area (Å²) >= 11 is 0. The van der Waals surface area contributed by atoms with Gasteiger partial charge in [0.2, 0.25) is 0 Å². The first-order chi connectivity index (χ1) is 23.6. The fourth-order valence-electron chi connectivity index (χ4n) is 7.92. The number of unbranched alkanes of at least 4 members (excludes halogenated alkanes) is 3. The molecule has 0 bridgehead atoms. The Bertz CT molecular complexity index is 2000. The monoisotopic (exact) mass is 702 g/mol. The molecule has 10 nitrogen and oxygen atoms in total. The van der Waals surface area contributed by atoms with Gasteiger partial charge in [-0.25, -0.2) is 0 Å². The number of non-ortho nitro benzene ring substituents is 1. The van der Waals surface area contributed by atoms with Crippen molar-refractivity contribution in [2.45, 2.75) is 88.0 Å². The number of nitrogens with zero attached hydrogens (tertiary/aromatic N) is 3. The van der Waals surface area contributed by atoms with Gasteiger partial charge in [-0.2, -0.15) is 8.42 Å². The van der Waals surface area contributed by atoms with E-state index in [0.29, 0.717) is 16.3 Å². The van der Waals surface area contributed by atoms with Gasteiger partial charge >= 0.3 is 5.97 Å². The number of rotatable bonds is 14. The van der Waals surface area contributed by atoms with Crippen molar-refractivity contribution in [3.8, 4) is 0 Å². The Labute approximate surface area is 294 Å². The maximum atomic E-state index is 12.3. The Balaban J connectivity index is 1.49. The molecule has 266 valence electrons. The van der Waals surface area contributed by atoms with Crippen molar-refractivity contribution >= 4 is 43.9 Å². The highest BCUT2D eigenvalue weighted by Gasteiger charge is 2.45. The summed E-state index contributed by atoms with van der Waals surface area (Å²) in [6, 6.07) is 13.9. The molecular formula is C39H48N3O7S+. The number of carboxylic acids is 1. The third kappa shape index (κ3) is 7.12. The van der Waals surface area contributed by atoms with Crippen molar-refractivity contribution in [2.75, 3.05) is 25.5 Å². The van der Waals surface area contributed by atoms with Crippen LogP contribution in [0.1, 0.15) is 82.8 Å². The number of nitro groups is 1. The van der Waals surface area contributed by atoms with E-state index in [1.165, 1.54) is 6.07 Å². The van der Waals surface area contributed by atoms with Gasteiger partial charge in [0, 0.05) is 53.2 Å². The van der Waals surface area contributed by atoms with Crippen LogP contribution in [0.25, 0.3) is 10.8 Å². The van der Waals surface area contributed by atoms with Gasteiger partial charge in [0.1, 0.15) is 16.3 Å². The average Bonchev–Trinajstić information content (AvgIpc) is 3.40. The summed E-state index contributed by atoms with van der Waals surface area (Å²) in [6.07, 6.45) is 15.4. The number of aliphatic carboxylic acids is 1. The highest BCUT2D eigenvalue weighted by Crippen LogP contribution is 2.52. The molecule has 0 radical (unpaired) electrons. The summed E-state index contributed by atoms with van der Waals surface area (Å²) in [5.41, 5.74) is 4.95. The molecule has 0 saturated heterocycles. The standard InChI is InChI=1S/C39H47N3O7S/c1-6-7-25-40-32-23-21-27(41(45)46)26-31(32)39(2,3)36(40)19-12-9-11-17-33-30(15-10-8-13-20-37(43)44)38-29-16-14-18-35(50(47,48)49)28(29)22-24-34(38)42(33,4)5/h9,11-12,14,16-19,21-24,26,30,36H,6-8,10,13,15,20,25H2,1-5H3,(H-,43,44,47,48,49)/p+1. The molecule has 0 amide bonds. The van der Waals surface area contributed by atoms with E-state index >= 15 is 0 Å². The van der Waals surface area contributed by atoms with Crippen molar-refractivity contribution in [2.24, 2.45) is 0 Å². The quantitative estimate of drug-likeness (QED) is 0.0425. The normalized spacial score (nSPS) is 20.3. The van der Waals surface area contributed by atoms with Crippen molar-refractivity contribution in [3.05, 3.63) is 106 Å². The van der Waals surface area contributed by atoms with Crippen LogP contribution in [0.2, 0.25) is 0 Å². The first-order valence-corrected chi connectivity index (χ1v) is 18.7. The molecule has 3 aromatic rings. The van der Waals surface area contributed by atoms with Gasteiger partial charge in [-0.1, -0.05) is 76.5 Å². The highest BCUT2D eigenvalue weighted by atomic mass is 32.2. The van der Waals surface area contributed by atoms with Gasteiger partial charge in [0.05, 0.1) is 31.0 Å². The largest absolute Gasteiger partial charge is 0.481 e. The lowest BCUT2D eigenvalue weighted by Gasteiger charge is -2.32. The predicted octanol–water partition coefficient (Wildman–Crippen LogP) is 8.66. The Hall–Kier alpha value is -4.32. The minimum Gasteiger partial charge on any atom is -0.481 e. The van der Waals surface area contributed by atoms with Gasteiger partial charge in [0.15, 0.2) is 0 Å².